The topological polar surface area (TPSA) is 84.1 Å². The molecule has 0 aliphatic carbocycles. The Kier molecular flexibility index (Phi) is 3.42. The summed E-state index contributed by atoms with van der Waals surface area (Å²) >= 11 is 0. The number of aromatic nitrogens is 4. The fourth-order valence-electron chi connectivity index (χ4n) is 2.43. The highest BCUT2D eigenvalue weighted by molar-refractivity contribution is 5.94. The monoisotopic (exact) mass is 273 g/mol. The Balaban J connectivity index is 1.79. The van der Waals surface area contributed by atoms with Crippen LogP contribution in [0, 0.1) is 0 Å². The molecule has 104 valence electrons. The lowest BCUT2D eigenvalue weighted by molar-refractivity contribution is 0.0677. The van der Waals surface area contributed by atoms with Crippen LogP contribution in [0.5, 0.6) is 0 Å². The lowest BCUT2D eigenvalue weighted by Crippen LogP contribution is -2.37. The molecule has 7 nitrogen and oxygen atoms in total. The third-order valence-corrected chi connectivity index (χ3v) is 3.50. The highest BCUT2D eigenvalue weighted by Gasteiger charge is 2.28. The molecule has 7 heteroatoms. The quantitative estimate of drug-likeness (QED) is 0.867. The minimum Gasteiger partial charge on any atom is -0.394 e. The number of likely N-dealkylation sites (tertiary alicyclic amines) is 1. The van der Waals surface area contributed by atoms with E-state index >= 15 is 0 Å². The summed E-state index contributed by atoms with van der Waals surface area (Å²) in [5.74, 6) is 0.526. The third kappa shape index (κ3) is 2.27. The lowest BCUT2D eigenvalue weighted by atomic mass is 10.2. The summed E-state index contributed by atoms with van der Waals surface area (Å²) in [6.07, 6.45) is 6.29. The van der Waals surface area contributed by atoms with Gasteiger partial charge in [-0.2, -0.15) is 5.10 Å². The molecule has 2 aromatic rings. The Morgan fingerprint density at radius 3 is 3.00 bits per heavy atom. The molecule has 2 aromatic heterocycles. The number of carbonyl (C=O) groups is 1. The van der Waals surface area contributed by atoms with Crippen molar-refractivity contribution in [1.82, 2.24) is 24.6 Å². The molecule has 1 unspecified atom stereocenters. The summed E-state index contributed by atoms with van der Waals surface area (Å²) < 4.78 is 1.53. The minimum absolute atomic E-state index is 0.0101. The molecule has 3 heterocycles. The van der Waals surface area contributed by atoms with Gasteiger partial charge in [-0.15, -0.1) is 0 Å². The first kappa shape index (κ1) is 12.7. The maximum atomic E-state index is 12.4. The molecule has 1 aliphatic heterocycles. The fourth-order valence-corrected chi connectivity index (χ4v) is 2.43. The Hall–Kier alpha value is -2.28. The molecule has 0 bridgehead atoms. The van der Waals surface area contributed by atoms with Gasteiger partial charge in [0.05, 0.1) is 18.2 Å². The standard InChI is InChI=1S/C13H15N5O2/c19-7-11-2-1-5-17(11)13(20)10-3-4-12(15-6-10)18-9-14-8-16-18/h3-4,6,8-9,11,19H,1-2,5,7H2. The molecule has 1 atom stereocenters. The number of carbonyl (C=O) groups excluding carboxylic acids is 1. The van der Waals surface area contributed by atoms with Crippen LogP contribution < -0.4 is 0 Å². The predicted octanol–water partition coefficient (Wildman–Crippen LogP) is 0.259. The lowest BCUT2D eigenvalue weighted by Gasteiger charge is -2.22. The SMILES string of the molecule is O=C(c1ccc(-n2cncn2)nc1)N1CCCC1CO. The van der Waals surface area contributed by atoms with Gasteiger partial charge in [-0.05, 0) is 25.0 Å². The number of hydrogen-bond acceptors (Lipinski definition) is 5. The molecule has 0 radical (unpaired) electrons. The molecular formula is C13H15N5O2. The average Bonchev–Trinajstić information content (AvgIpc) is 3.17. The van der Waals surface area contributed by atoms with E-state index in [1.807, 2.05) is 0 Å². The number of nitrogens with zero attached hydrogens (tertiary/aromatic N) is 5. The Morgan fingerprint density at radius 2 is 2.35 bits per heavy atom. The van der Waals surface area contributed by atoms with Crippen molar-refractivity contribution in [2.45, 2.75) is 18.9 Å². The van der Waals surface area contributed by atoms with Gasteiger partial charge in [0.1, 0.15) is 12.7 Å². The van der Waals surface area contributed by atoms with Crippen LogP contribution in [0.3, 0.4) is 0 Å². The van der Waals surface area contributed by atoms with Crippen molar-refractivity contribution < 1.29 is 9.90 Å². The Labute approximate surface area is 115 Å². The van der Waals surface area contributed by atoms with Crippen molar-refractivity contribution in [1.29, 1.82) is 0 Å². The molecule has 1 amide bonds. The Bertz CT molecular complexity index is 581. The second-order valence-electron chi connectivity index (χ2n) is 4.72. The maximum absolute atomic E-state index is 12.4. The first-order valence-electron chi connectivity index (χ1n) is 6.52. The van der Waals surface area contributed by atoms with E-state index in [2.05, 4.69) is 15.1 Å². The van der Waals surface area contributed by atoms with Crippen LogP contribution in [-0.4, -0.2) is 54.9 Å². The molecule has 1 N–H and O–H groups in total. The van der Waals surface area contributed by atoms with Gasteiger partial charge in [-0.3, -0.25) is 4.79 Å². The minimum atomic E-state index is -0.0841. The van der Waals surface area contributed by atoms with Crippen molar-refractivity contribution in [2.75, 3.05) is 13.2 Å². The second kappa shape index (κ2) is 5.38. The van der Waals surface area contributed by atoms with Gasteiger partial charge >= 0.3 is 0 Å². The van der Waals surface area contributed by atoms with E-state index < -0.39 is 0 Å². The largest absolute Gasteiger partial charge is 0.394 e. The first-order chi connectivity index (χ1) is 9.79. The van der Waals surface area contributed by atoms with Crippen LogP contribution >= 0.6 is 0 Å². The normalized spacial score (nSPS) is 18.4. The van der Waals surface area contributed by atoms with Gasteiger partial charge < -0.3 is 10.0 Å². The van der Waals surface area contributed by atoms with Gasteiger partial charge in [0.15, 0.2) is 5.82 Å². The van der Waals surface area contributed by atoms with Crippen LogP contribution in [0.4, 0.5) is 0 Å². The van der Waals surface area contributed by atoms with Crippen LogP contribution in [0.15, 0.2) is 31.0 Å². The highest BCUT2D eigenvalue weighted by Crippen LogP contribution is 2.19. The van der Waals surface area contributed by atoms with Crippen molar-refractivity contribution in [3.63, 3.8) is 0 Å². The fraction of sp³-hybridized carbons (Fsp3) is 0.385. The number of amides is 1. The molecule has 0 aromatic carbocycles. The zero-order chi connectivity index (χ0) is 13.9. The molecule has 20 heavy (non-hydrogen) atoms. The molecular weight excluding hydrogens is 258 g/mol. The zero-order valence-corrected chi connectivity index (χ0v) is 10.9. The van der Waals surface area contributed by atoms with Gasteiger partial charge in [-0.1, -0.05) is 0 Å². The van der Waals surface area contributed by atoms with Gasteiger partial charge in [0, 0.05) is 12.7 Å². The molecule has 1 aliphatic rings. The third-order valence-electron chi connectivity index (χ3n) is 3.50. The van der Waals surface area contributed by atoms with E-state index in [-0.39, 0.29) is 18.6 Å². The van der Waals surface area contributed by atoms with Crippen LogP contribution in [0.2, 0.25) is 0 Å². The van der Waals surface area contributed by atoms with Crippen molar-refractivity contribution in [2.24, 2.45) is 0 Å². The summed E-state index contributed by atoms with van der Waals surface area (Å²) in [5.41, 5.74) is 0.522. The molecule has 0 spiro atoms. The van der Waals surface area contributed by atoms with Crippen molar-refractivity contribution in [3.8, 4) is 5.82 Å². The van der Waals surface area contributed by atoms with Crippen LogP contribution in [-0.2, 0) is 0 Å². The number of hydrogen-bond donors (Lipinski definition) is 1. The van der Waals surface area contributed by atoms with Gasteiger partial charge in [-0.25, -0.2) is 14.6 Å². The summed E-state index contributed by atoms with van der Waals surface area (Å²) in [4.78, 5) is 22.1. The average molecular weight is 273 g/mol. The van der Waals surface area contributed by atoms with E-state index in [4.69, 9.17) is 0 Å². The van der Waals surface area contributed by atoms with Crippen LogP contribution in [0.1, 0.15) is 23.2 Å². The van der Waals surface area contributed by atoms with E-state index in [0.29, 0.717) is 17.9 Å². The van der Waals surface area contributed by atoms with E-state index in [1.54, 1.807) is 23.4 Å². The van der Waals surface area contributed by atoms with E-state index in [1.165, 1.54) is 17.2 Å². The first-order valence-corrected chi connectivity index (χ1v) is 6.52. The molecule has 1 saturated heterocycles. The molecule has 3 rings (SSSR count). The van der Waals surface area contributed by atoms with Crippen LogP contribution in [0.25, 0.3) is 5.82 Å². The zero-order valence-electron chi connectivity index (χ0n) is 10.9. The van der Waals surface area contributed by atoms with Crippen molar-refractivity contribution in [3.05, 3.63) is 36.5 Å². The smallest absolute Gasteiger partial charge is 0.255 e. The highest BCUT2D eigenvalue weighted by atomic mass is 16.3. The summed E-state index contributed by atoms with van der Waals surface area (Å²) in [6.45, 7) is 0.700. The van der Waals surface area contributed by atoms with E-state index in [0.717, 1.165) is 12.8 Å². The molecule has 1 fully saturated rings. The number of aliphatic hydroxyl groups is 1. The Morgan fingerprint density at radius 1 is 1.45 bits per heavy atom. The summed E-state index contributed by atoms with van der Waals surface area (Å²) in [7, 11) is 0. The number of rotatable bonds is 3. The summed E-state index contributed by atoms with van der Waals surface area (Å²) in [5, 5.41) is 13.3. The number of aliphatic hydroxyl groups excluding tert-OH is 1. The molecule has 0 saturated carbocycles. The van der Waals surface area contributed by atoms with Crippen molar-refractivity contribution >= 4 is 5.91 Å². The van der Waals surface area contributed by atoms with Gasteiger partial charge in [0.25, 0.3) is 5.91 Å². The van der Waals surface area contributed by atoms with E-state index in [9.17, 15) is 9.90 Å². The van der Waals surface area contributed by atoms with Gasteiger partial charge in [0.2, 0.25) is 0 Å². The maximum Gasteiger partial charge on any atom is 0.255 e. The number of pyridine rings is 1. The second-order valence-corrected chi connectivity index (χ2v) is 4.72. The predicted molar refractivity (Wildman–Crippen MR) is 70.3 cm³/mol. The summed E-state index contributed by atoms with van der Waals surface area (Å²) in [6, 6.07) is 3.38.